The minimum Gasteiger partial charge on any atom is -0.372 e. The summed E-state index contributed by atoms with van der Waals surface area (Å²) >= 11 is 0. The van der Waals surface area contributed by atoms with Crippen molar-refractivity contribution >= 4 is 16.4 Å². The molecule has 6 heteroatoms. The Bertz CT molecular complexity index is 449. The van der Waals surface area contributed by atoms with E-state index in [1.165, 1.54) is 12.1 Å². The number of hydrogen-bond acceptors (Lipinski definition) is 5. The van der Waals surface area contributed by atoms with Crippen LogP contribution in [0.2, 0.25) is 0 Å². The molecule has 0 aliphatic carbocycles. The predicted octanol–water partition coefficient (Wildman–Crippen LogP) is 0.916. The van der Waals surface area contributed by atoms with Crippen LogP contribution >= 0.6 is 0 Å². The fraction of sp³-hybridized carbons (Fsp3) is 0.364. The molecule has 17 heavy (non-hydrogen) atoms. The number of benzene rings is 1. The van der Waals surface area contributed by atoms with Gasteiger partial charge in [0.15, 0.2) is 0 Å². The number of aldehydes is 1. The summed E-state index contributed by atoms with van der Waals surface area (Å²) in [4.78, 5) is 10.0. The highest BCUT2D eigenvalue weighted by Gasteiger charge is 2.14. The molecule has 0 aliphatic rings. The lowest BCUT2D eigenvalue weighted by molar-refractivity contribution is -0.112. The molecular formula is C11H14O5S. The molecule has 0 N–H and O–H groups in total. The molecular weight excluding hydrogens is 244 g/mol. The van der Waals surface area contributed by atoms with Gasteiger partial charge < -0.3 is 9.53 Å². The van der Waals surface area contributed by atoms with Gasteiger partial charge >= 0.3 is 0 Å². The van der Waals surface area contributed by atoms with Crippen LogP contribution in [0.1, 0.15) is 5.56 Å². The predicted molar refractivity (Wildman–Crippen MR) is 61.2 cm³/mol. The van der Waals surface area contributed by atoms with Gasteiger partial charge in [0.2, 0.25) is 0 Å². The first-order valence-electron chi connectivity index (χ1n) is 5.04. The van der Waals surface area contributed by atoms with Crippen molar-refractivity contribution in [3.8, 4) is 0 Å². The lowest BCUT2D eigenvalue weighted by Crippen LogP contribution is -2.12. The molecule has 0 spiro atoms. The first kappa shape index (κ1) is 13.8. The molecule has 0 amide bonds. The SMILES string of the molecule is Cc1ccc(S(=O)(=O)OCCOCC=O)cc1. The molecule has 0 fully saturated rings. The zero-order chi connectivity index (χ0) is 12.7. The van der Waals surface area contributed by atoms with Crippen LogP contribution in [0.15, 0.2) is 29.2 Å². The highest BCUT2D eigenvalue weighted by atomic mass is 32.2. The highest BCUT2D eigenvalue weighted by Crippen LogP contribution is 2.12. The molecule has 0 atom stereocenters. The maximum absolute atomic E-state index is 11.6. The van der Waals surface area contributed by atoms with E-state index in [2.05, 4.69) is 0 Å². The van der Waals surface area contributed by atoms with E-state index in [4.69, 9.17) is 8.92 Å². The molecule has 1 aromatic rings. The first-order chi connectivity index (χ1) is 8.06. The van der Waals surface area contributed by atoms with Gasteiger partial charge in [0.25, 0.3) is 10.1 Å². The average Bonchev–Trinajstić information content (AvgIpc) is 2.29. The molecule has 0 radical (unpaired) electrons. The van der Waals surface area contributed by atoms with Crippen molar-refractivity contribution in [2.45, 2.75) is 11.8 Å². The minimum atomic E-state index is -3.73. The molecule has 0 saturated heterocycles. The van der Waals surface area contributed by atoms with Crippen molar-refractivity contribution in [3.63, 3.8) is 0 Å². The average molecular weight is 258 g/mol. The minimum absolute atomic E-state index is 0.0594. The Labute approximate surface area is 100 Å². The number of carbonyl (C=O) groups excluding carboxylic acids is 1. The van der Waals surface area contributed by atoms with Gasteiger partial charge in [-0.1, -0.05) is 17.7 Å². The largest absolute Gasteiger partial charge is 0.372 e. The quantitative estimate of drug-likeness (QED) is 0.413. The Morgan fingerprint density at radius 1 is 1.18 bits per heavy atom. The van der Waals surface area contributed by atoms with Crippen molar-refractivity contribution in [2.24, 2.45) is 0 Å². The van der Waals surface area contributed by atoms with E-state index >= 15 is 0 Å². The monoisotopic (exact) mass is 258 g/mol. The summed E-state index contributed by atoms with van der Waals surface area (Å²) in [5, 5.41) is 0. The Balaban J connectivity index is 2.51. The second kappa shape index (κ2) is 6.48. The fourth-order valence-electron chi connectivity index (χ4n) is 1.11. The molecule has 0 heterocycles. The van der Waals surface area contributed by atoms with Gasteiger partial charge in [-0.05, 0) is 19.1 Å². The van der Waals surface area contributed by atoms with E-state index in [-0.39, 0.29) is 24.7 Å². The molecule has 1 aromatic carbocycles. The summed E-state index contributed by atoms with van der Waals surface area (Å²) in [7, 11) is -3.73. The van der Waals surface area contributed by atoms with Crippen LogP contribution in [0.25, 0.3) is 0 Å². The molecule has 0 saturated carbocycles. The highest BCUT2D eigenvalue weighted by molar-refractivity contribution is 7.86. The summed E-state index contributed by atoms with van der Waals surface area (Å²) in [6.45, 7) is 1.76. The zero-order valence-electron chi connectivity index (χ0n) is 9.46. The van der Waals surface area contributed by atoms with Gasteiger partial charge in [-0.15, -0.1) is 0 Å². The molecule has 0 aromatic heterocycles. The summed E-state index contributed by atoms with van der Waals surface area (Å²) in [5.41, 5.74) is 0.971. The molecule has 1 rings (SSSR count). The molecule has 94 valence electrons. The van der Waals surface area contributed by atoms with Gasteiger partial charge in [0.1, 0.15) is 12.9 Å². The van der Waals surface area contributed by atoms with E-state index in [0.717, 1.165) is 5.56 Å². The number of rotatable bonds is 7. The van der Waals surface area contributed by atoms with Gasteiger partial charge in [0.05, 0.1) is 18.1 Å². The summed E-state index contributed by atoms with van der Waals surface area (Å²) < 4.78 is 32.8. The van der Waals surface area contributed by atoms with Crippen LogP contribution in [0, 0.1) is 6.92 Å². The van der Waals surface area contributed by atoms with E-state index in [1.54, 1.807) is 12.1 Å². The lowest BCUT2D eigenvalue weighted by Gasteiger charge is -2.05. The number of hydrogen-bond donors (Lipinski definition) is 0. The summed E-state index contributed by atoms with van der Waals surface area (Å²) in [6.07, 6.45) is 0.592. The van der Waals surface area contributed by atoms with Gasteiger partial charge in [0, 0.05) is 0 Å². The Hall–Kier alpha value is -1.24. The van der Waals surface area contributed by atoms with Gasteiger partial charge in [-0.25, -0.2) is 0 Å². The molecule has 0 aliphatic heterocycles. The van der Waals surface area contributed by atoms with Crippen molar-refractivity contribution in [2.75, 3.05) is 19.8 Å². The van der Waals surface area contributed by atoms with Crippen LogP contribution < -0.4 is 0 Å². The normalized spacial score (nSPS) is 11.4. The molecule has 0 unspecified atom stereocenters. The van der Waals surface area contributed by atoms with E-state index < -0.39 is 10.1 Å². The lowest BCUT2D eigenvalue weighted by atomic mass is 10.2. The second-order valence-corrected chi connectivity index (χ2v) is 4.95. The van der Waals surface area contributed by atoms with Crippen LogP contribution in [0.3, 0.4) is 0 Å². The van der Waals surface area contributed by atoms with Crippen LogP contribution in [0.4, 0.5) is 0 Å². The first-order valence-corrected chi connectivity index (χ1v) is 6.44. The maximum Gasteiger partial charge on any atom is 0.297 e. The van der Waals surface area contributed by atoms with Crippen LogP contribution in [0.5, 0.6) is 0 Å². The van der Waals surface area contributed by atoms with E-state index in [9.17, 15) is 13.2 Å². The standard InChI is InChI=1S/C11H14O5S/c1-10-2-4-11(5-3-10)17(13,14)16-9-8-15-7-6-12/h2-6H,7-9H2,1H3. The third-order valence-corrected chi connectivity index (χ3v) is 3.29. The number of carbonyl (C=O) groups is 1. The smallest absolute Gasteiger partial charge is 0.297 e. The summed E-state index contributed by atoms with van der Waals surface area (Å²) in [6, 6.07) is 6.35. The second-order valence-electron chi connectivity index (χ2n) is 3.33. The third-order valence-electron chi connectivity index (χ3n) is 1.96. The summed E-state index contributed by atoms with van der Waals surface area (Å²) in [5.74, 6) is 0. The third kappa shape index (κ3) is 4.64. The van der Waals surface area contributed by atoms with Crippen molar-refractivity contribution in [1.82, 2.24) is 0 Å². The van der Waals surface area contributed by atoms with Gasteiger partial charge in [-0.2, -0.15) is 8.42 Å². The molecule has 0 bridgehead atoms. The Kier molecular flexibility index (Phi) is 5.27. The van der Waals surface area contributed by atoms with E-state index in [0.29, 0.717) is 6.29 Å². The Morgan fingerprint density at radius 3 is 2.41 bits per heavy atom. The van der Waals surface area contributed by atoms with E-state index in [1.807, 2.05) is 6.92 Å². The zero-order valence-corrected chi connectivity index (χ0v) is 10.3. The molecule has 5 nitrogen and oxygen atoms in total. The van der Waals surface area contributed by atoms with Crippen LogP contribution in [-0.4, -0.2) is 34.5 Å². The van der Waals surface area contributed by atoms with Gasteiger partial charge in [-0.3, -0.25) is 4.18 Å². The Morgan fingerprint density at radius 2 is 1.82 bits per heavy atom. The topological polar surface area (TPSA) is 69.7 Å². The van der Waals surface area contributed by atoms with Crippen molar-refractivity contribution in [3.05, 3.63) is 29.8 Å². The maximum atomic E-state index is 11.6. The number of ether oxygens (including phenoxy) is 1. The fourth-order valence-corrected chi connectivity index (χ4v) is 2.00. The van der Waals surface area contributed by atoms with Crippen LogP contribution in [-0.2, 0) is 23.8 Å². The van der Waals surface area contributed by atoms with Crippen molar-refractivity contribution < 1.29 is 22.1 Å². The number of aryl methyl sites for hydroxylation is 1. The van der Waals surface area contributed by atoms with Crippen molar-refractivity contribution in [1.29, 1.82) is 0 Å².